The van der Waals surface area contributed by atoms with Crippen molar-refractivity contribution in [2.45, 2.75) is 13.8 Å². The molecule has 0 aromatic heterocycles. The molecular weight excluding hydrogens is 274 g/mol. The smallest absolute Gasteiger partial charge is 0.309 e. The van der Waals surface area contributed by atoms with Crippen LogP contribution in [0, 0.1) is 5.92 Å². The van der Waals surface area contributed by atoms with Crippen LogP contribution in [0.25, 0.3) is 0 Å². The number of amides is 1. The Balaban J connectivity index is 2.62. The number of aliphatic carboxylic acids is 1. The molecule has 1 aliphatic rings. The number of aliphatic hydroxyl groups excluding tert-OH is 1. The monoisotopic (exact) mass is 301 g/mol. The van der Waals surface area contributed by atoms with Gasteiger partial charge in [0.1, 0.15) is 6.61 Å². The summed E-state index contributed by atoms with van der Waals surface area (Å²) in [5.74, 6) is -1.88. The second kappa shape index (κ2) is 8.96. The van der Waals surface area contributed by atoms with Crippen LogP contribution in [-0.2, 0) is 9.59 Å². The van der Waals surface area contributed by atoms with E-state index in [0.717, 1.165) is 26.2 Å². The first-order valence-corrected chi connectivity index (χ1v) is 7.57. The molecule has 1 atom stereocenters. The molecule has 1 saturated heterocycles. The summed E-state index contributed by atoms with van der Waals surface area (Å²) in [7, 11) is 0. The van der Waals surface area contributed by atoms with Crippen molar-refractivity contribution >= 4 is 11.9 Å². The molecule has 1 heterocycles. The van der Waals surface area contributed by atoms with E-state index < -0.39 is 24.4 Å². The van der Waals surface area contributed by atoms with Gasteiger partial charge in [0, 0.05) is 39.3 Å². The van der Waals surface area contributed by atoms with Crippen molar-refractivity contribution in [3.05, 3.63) is 0 Å². The lowest BCUT2D eigenvalue weighted by molar-refractivity contribution is -0.144. The first kappa shape index (κ1) is 17.9. The number of carbonyl (C=O) groups is 2. The van der Waals surface area contributed by atoms with Crippen LogP contribution in [0.15, 0.2) is 0 Å². The summed E-state index contributed by atoms with van der Waals surface area (Å²) in [6.45, 7) is 9.04. The van der Waals surface area contributed by atoms with Crippen molar-refractivity contribution in [1.82, 2.24) is 14.7 Å². The minimum absolute atomic E-state index is 0.177. The third-order valence-electron chi connectivity index (χ3n) is 4.07. The molecule has 122 valence electrons. The Hall–Kier alpha value is -1.18. The number of carboxylic acids is 1. The molecule has 1 fully saturated rings. The average Bonchev–Trinajstić information content (AvgIpc) is 2.70. The molecule has 0 aromatic carbocycles. The third kappa shape index (κ3) is 5.61. The predicted octanol–water partition coefficient (Wildman–Crippen LogP) is -0.834. The molecule has 0 spiro atoms. The predicted molar refractivity (Wildman–Crippen MR) is 79.0 cm³/mol. The number of hydrogen-bond acceptors (Lipinski definition) is 5. The highest BCUT2D eigenvalue weighted by molar-refractivity contribution is 5.78. The van der Waals surface area contributed by atoms with Crippen molar-refractivity contribution < 1.29 is 19.8 Å². The fraction of sp³-hybridized carbons (Fsp3) is 0.857. The van der Waals surface area contributed by atoms with Crippen LogP contribution in [0.3, 0.4) is 0 Å². The zero-order valence-corrected chi connectivity index (χ0v) is 13.0. The van der Waals surface area contributed by atoms with Gasteiger partial charge in [0.15, 0.2) is 0 Å². The number of rotatable bonds is 7. The van der Waals surface area contributed by atoms with Crippen molar-refractivity contribution in [3.8, 4) is 0 Å². The van der Waals surface area contributed by atoms with Crippen LogP contribution in [0.5, 0.6) is 0 Å². The maximum atomic E-state index is 11.6. The van der Waals surface area contributed by atoms with Gasteiger partial charge in [-0.25, -0.2) is 0 Å². The van der Waals surface area contributed by atoms with Gasteiger partial charge in [-0.1, -0.05) is 13.8 Å². The van der Waals surface area contributed by atoms with Crippen molar-refractivity contribution in [2.75, 3.05) is 59.0 Å². The van der Waals surface area contributed by atoms with E-state index in [9.17, 15) is 14.7 Å². The van der Waals surface area contributed by atoms with Gasteiger partial charge in [-0.2, -0.15) is 0 Å². The van der Waals surface area contributed by atoms with E-state index in [4.69, 9.17) is 5.11 Å². The Kier molecular flexibility index (Phi) is 7.63. The maximum Gasteiger partial charge on any atom is 0.309 e. The number of carbonyl (C=O) groups excluding carboxylic acids is 1. The summed E-state index contributed by atoms with van der Waals surface area (Å²) < 4.78 is 0. The quantitative estimate of drug-likeness (QED) is 0.638. The highest BCUT2D eigenvalue weighted by atomic mass is 16.4. The minimum atomic E-state index is -0.888. The van der Waals surface area contributed by atoms with E-state index in [1.165, 1.54) is 4.90 Å². The molecule has 1 rings (SSSR count). The Morgan fingerprint density at radius 1 is 1.19 bits per heavy atom. The summed E-state index contributed by atoms with van der Waals surface area (Å²) in [5.41, 5.74) is 0. The highest BCUT2D eigenvalue weighted by Gasteiger charge is 2.29. The van der Waals surface area contributed by atoms with Crippen LogP contribution >= 0.6 is 0 Å². The van der Waals surface area contributed by atoms with Crippen molar-refractivity contribution in [3.63, 3.8) is 0 Å². The van der Waals surface area contributed by atoms with Crippen molar-refractivity contribution in [2.24, 2.45) is 5.92 Å². The van der Waals surface area contributed by atoms with E-state index >= 15 is 0 Å². The lowest BCUT2D eigenvalue weighted by Gasteiger charge is -2.25. The molecule has 7 heteroatoms. The number of nitrogens with zero attached hydrogens (tertiary/aromatic N) is 3. The zero-order valence-electron chi connectivity index (χ0n) is 13.0. The Morgan fingerprint density at radius 2 is 1.86 bits per heavy atom. The minimum Gasteiger partial charge on any atom is -0.481 e. The number of aliphatic hydroxyl groups is 1. The van der Waals surface area contributed by atoms with Gasteiger partial charge in [-0.15, -0.1) is 0 Å². The van der Waals surface area contributed by atoms with Gasteiger partial charge in [0.2, 0.25) is 5.91 Å². The van der Waals surface area contributed by atoms with Crippen LogP contribution in [0.2, 0.25) is 0 Å². The second-order valence-corrected chi connectivity index (χ2v) is 5.36. The van der Waals surface area contributed by atoms with E-state index in [1.807, 2.05) is 0 Å². The molecule has 1 amide bonds. The largest absolute Gasteiger partial charge is 0.481 e. The normalized spacial score (nSPS) is 20.6. The topological polar surface area (TPSA) is 84.3 Å². The summed E-state index contributed by atoms with van der Waals surface area (Å²) in [5, 5.41) is 18.2. The Morgan fingerprint density at radius 3 is 2.38 bits per heavy atom. The molecule has 1 aliphatic heterocycles. The van der Waals surface area contributed by atoms with E-state index in [-0.39, 0.29) is 6.54 Å². The standard InChI is InChI=1S/C14H27N3O4/c1-3-15(4-2)5-6-16-7-8-17(13(19)11-18)10-12(9-16)14(20)21/h12,18H,3-11H2,1-2H3,(H,20,21)/t12-/m0/s1. The molecule has 0 aromatic rings. The van der Waals surface area contributed by atoms with Gasteiger partial charge in [-0.3, -0.25) is 14.5 Å². The molecule has 7 nitrogen and oxygen atoms in total. The summed E-state index contributed by atoms with van der Waals surface area (Å²) in [6, 6.07) is 0. The Bertz CT molecular complexity index is 347. The van der Waals surface area contributed by atoms with E-state index in [0.29, 0.717) is 19.6 Å². The lowest BCUT2D eigenvalue weighted by atomic mass is 10.1. The number of likely N-dealkylation sites (N-methyl/N-ethyl adjacent to an activating group) is 1. The van der Waals surface area contributed by atoms with Crippen LogP contribution in [0.4, 0.5) is 0 Å². The first-order valence-electron chi connectivity index (χ1n) is 7.57. The zero-order chi connectivity index (χ0) is 15.8. The molecule has 21 heavy (non-hydrogen) atoms. The molecule has 2 N–H and O–H groups in total. The molecule has 0 bridgehead atoms. The molecule has 0 radical (unpaired) electrons. The summed E-state index contributed by atoms with van der Waals surface area (Å²) in [6.07, 6.45) is 0. The maximum absolute atomic E-state index is 11.6. The first-order chi connectivity index (χ1) is 10.0. The summed E-state index contributed by atoms with van der Waals surface area (Å²) >= 11 is 0. The van der Waals surface area contributed by atoms with Gasteiger partial charge in [0.25, 0.3) is 0 Å². The highest BCUT2D eigenvalue weighted by Crippen LogP contribution is 2.10. The van der Waals surface area contributed by atoms with Crippen LogP contribution in [0.1, 0.15) is 13.8 Å². The number of carboxylic acid groups (broad SMARTS) is 1. The van der Waals surface area contributed by atoms with E-state index in [1.54, 1.807) is 0 Å². The molecule has 0 aliphatic carbocycles. The third-order valence-corrected chi connectivity index (χ3v) is 4.07. The fourth-order valence-corrected chi connectivity index (χ4v) is 2.59. The summed E-state index contributed by atoms with van der Waals surface area (Å²) in [4.78, 5) is 28.8. The van der Waals surface area contributed by atoms with Gasteiger partial charge in [-0.05, 0) is 13.1 Å². The van der Waals surface area contributed by atoms with Gasteiger partial charge < -0.3 is 20.0 Å². The van der Waals surface area contributed by atoms with Crippen molar-refractivity contribution in [1.29, 1.82) is 0 Å². The van der Waals surface area contributed by atoms with Gasteiger partial charge in [0.05, 0.1) is 5.92 Å². The SMILES string of the molecule is CCN(CC)CCN1CCN(C(=O)CO)C[C@@H](C(=O)O)C1. The Labute approximate surface area is 126 Å². The molecule has 0 unspecified atom stereocenters. The lowest BCUT2D eigenvalue weighted by Crippen LogP contribution is -2.39. The van der Waals surface area contributed by atoms with Crippen LogP contribution in [-0.4, -0.2) is 95.8 Å². The average molecular weight is 301 g/mol. The second-order valence-electron chi connectivity index (χ2n) is 5.36. The molecular formula is C14H27N3O4. The number of hydrogen-bond donors (Lipinski definition) is 2. The van der Waals surface area contributed by atoms with E-state index in [2.05, 4.69) is 23.6 Å². The van der Waals surface area contributed by atoms with Crippen LogP contribution < -0.4 is 0 Å². The van der Waals surface area contributed by atoms with Gasteiger partial charge >= 0.3 is 5.97 Å². The fourth-order valence-electron chi connectivity index (χ4n) is 2.59. The molecule has 0 saturated carbocycles.